The van der Waals surface area contributed by atoms with Gasteiger partial charge >= 0.3 is 0 Å². The van der Waals surface area contributed by atoms with Crippen molar-refractivity contribution in [3.05, 3.63) is 52.8 Å². The molecule has 0 aliphatic heterocycles. The second kappa shape index (κ2) is 5.91. The zero-order valence-electron chi connectivity index (χ0n) is 11.1. The van der Waals surface area contributed by atoms with E-state index >= 15 is 0 Å². The fraction of sp³-hybridized carbons (Fsp3) is 0.143. The number of sulfone groups is 1. The molecule has 0 spiro atoms. The molecule has 21 heavy (non-hydrogen) atoms. The normalized spacial score (nSPS) is 11.4. The summed E-state index contributed by atoms with van der Waals surface area (Å²) in [4.78, 5) is -0.186. The summed E-state index contributed by atoms with van der Waals surface area (Å²) in [5.74, 6) is -1.28. The summed E-state index contributed by atoms with van der Waals surface area (Å²) in [6.45, 7) is 0. The topological polar surface area (TPSA) is 69.4 Å². The van der Waals surface area contributed by atoms with E-state index in [1.807, 2.05) is 0 Å². The van der Waals surface area contributed by atoms with Crippen LogP contribution in [0.5, 0.6) is 5.75 Å². The summed E-state index contributed by atoms with van der Waals surface area (Å²) >= 11 is 5.90. The molecular weight excluding hydrogens is 317 g/mol. The summed E-state index contributed by atoms with van der Waals surface area (Å²) in [6.07, 6.45) is 0. The van der Waals surface area contributed by atoms with Gasteiger partial charge in [-0.15, -0.1) is 0 Å². The summed E-state index contributed by atoms with van der Waals surface area (Å²) in [6, 6.07) is 8.71. The lowest BCUT2D eigenvalue weighted by Crippen LogP contribution is -2.10. The van der Waals surface area contributed by atoms with Gasteiger partial charge in [0.15, 0.2) is 21.4 Å². The third kappa shape index (κ3) is 3.11. The van der Waals surface area contributed by atoms with E-state index in [4.69, 9.17) is 22.1 Å². The van der Waals surface area contributed by atoms with Crippen molar-refractivity contribution in [2.45, 2.75) is 10.6 Å². The first-order valence-electron chi connectivity index (χ1n) is 5.95. The predicted molar refractivity (Wildman–Crippen MR) is 79.7 cm³/mol. The Morgan fingerprint density at radius 3 is 2.52 bits per heavy atom. The monoisotopic (exact) mass is 329 g/mol. The van der Waals surface area contributed by atoms with Crippen molar-refractivity contribution in [1.82, 2.24) is 0 Å². The quantitative estimate of drug-likeness (QED) is 0.875. The summed E-state index contributed by atoms with van der Waals surface area (Å²) in [5, 5.41) is 0.0123. The molecule has 2 N–H and O–H groups in total. The molecule has 0 radical (unpaired) electrons. The molecule has 2 rings (SSSR count). The van der Waals surface area contributed by atoms with E-state index in [9.17, 15) is 12.8 Å². The van der Waals surface area contributed by atoms with Crippen LogP contribution in [-0.4, -0.2) is 15.5 Å². The molecule has 0 unspecified atom stereocenters. The molecule has 0 aliphatic carbocycles. The Labute approximate surface area is 127 Å². The Hall–Kier alpha value is -1.79. The lowest BCUT2D eigenvalue weighted by molar-refractivity contribution is 0.385. The first-order chi connectivity index (χ1) is 9.86. The van der Waals surface area contributed by atoms with E-state index in [1.165, 1.54) is 37.4 Å². The highest BCUT2D eigenvalue weighted by molar-refractivity contribution is 7.91. The van der Waals surface area contributed by atoms with Crippen molar-refractivity contribution < 1.29 is 17.5 Å². The highest BCUT2D eigenvalue weighted by atomic mass is 35.5. The number of methoxy groups -OCH3 is 1. The van der Waals surface area contributed by atoms with Gasteiger partial charge in [0.1, 0.15) is 4.90 Å². The van der Waals surface area contributed by atoms with E-state index in [2.05, 4.69) is 0 Å². The minimum atomic E-state index is -3.87. The van der Waals surface area contributed by atoms with Crippen molar-refractivity contribution in [3.8, 4) is 5.75 Å². The second-order valence-electron chi connectivity index (χ2n) is 4.35. The maximum Gasteiger partial charge on any atom is 0.186 e. The summed E-state index contributed by atoms with van der Waals surface area (Å²) < 4.78 is 43.7. The van der Waals surface area contributed by atoms with E-state index in [0.29, 0.717) is 0 Å². The average molecular weight is 330 g/mol. The van der Waals surface area contributed by atoms with E-state index in [-0.39, 0.29) is 26.9 Å². The fourth-order valence-corrected chi connectivity index (χ4v) is 4.06. The molecule has 2 aromatic carbocycles. The van der Waals surface area contributed by atoms with Gasteiger partial charge < -0.3 is 10.5 Å². The number of nitrogens with two attached hydrogens (primary N) is 1. The van der Waals surface area contributed by atoms with Gasteiger partial charge in [0, 0.05) is 5.56 Å². The van der Waals surface area contributed by atoms with Gasteiger partial charge in [-0.2, -0.15) is 0 Å². The predicted octanol–water partition coefficient (Wildman–Crippen LogP) is 3.04. The number of rotatable bonds is 4. The van der Waals surface area contributed by atoms with Crippen molar-refractivity contribution in [2.75, 3.05) is 12.8 Å². The van der Waals surface area contributed by atoms with Gasteiger partial charge in [0.05, 0.1) is 23.6 Å². The first-order valence-corrected chi connectivity index (χ1v) is 7.98. The number of nitrogen functional groups attached to an aromatic ring is 1. The van der Waals surface area contributed by atoms with Crippen LogP contribution in [0.25, 0.3) is 0 Å². The molecule has 112 valence electrons. The van der Waals surface area contributed by atoms with Gasteiger partial charge in [0.25, 0.3) is 0 Å². The Kier molecular flexibility index (Phi) is 4.39. The molecule has 0 aromatic heterocycles. The van der Waals surface area contributed by atoms with E-state index < -0.39 is 21.4 Å². The van der Waals surface area contributed by atoms with Gasteiger partial charge in [0.2, 0.25) is 0 Å². The molecule has 7 heteroatoms. The lowest BCUT2D eigenvalue weighted by atomic mass is 10.2. The Balaban J connectivity index is 2.48. The summed E-state index contributed by atoms with van der Waals surface area (Å²) in [7, 11) is -2.57. The zero-order valence-corrected chi connectivity index (χ0v) is 12.7. The molecule has 0 amide bonds. The molecule has 0 atom stereocenters. The van der Waals surface area contributed by atoms with Crippen LogP contribution in [0.3, 0.4) is 0 Å². The molecule has 0 saturated heterocycles. The largest absolute Gasteiger partial charge is 0.494 e. The van der Waals surface area contributed by atoms with Crippen LogP contribution in [0.15, 0.2) is 41.3 Å². The zero-order chi connectivity index (χ0) is 15.6. The number of hydrogen-bond acceptors (Lipinski definition) is 4. The highest BCUT2D eigenvalue weighted by Gasteiger charge is 2.24. The number of ether oxygens (including phenoxy) is 1. The van der Waals surface area contributed by atoms with Gasteiger partial charge in [-0.3, -0.25) is 0 Å². The maximum absolute atomic E-state index is 14.1. The SMILES string of the molecule is COc1cccc(CS(=O)(=O)c2c(N)cccc2Cl)c1F. The van der Waals surface area contributed by atoms with Crippen LogP contribution in [-0.2, 0) is 15.6 Å². The van der Waals surface area contributed by atoms with Crippen LogP contribution < -0.4 is 10.5 Å². The number of halogens is 2. The van der Waals surface area contributed by atoms with Crippen molar-refractivity contribution in [1.29, 1.82) is 0 Å². The van der Waals surface area contributed by atoms with Gasteiger partial charge in [-0.05, 0) is 18.2 Å². The number of hydrogen-bond donors (Lipinski definition) is 1. The van der Waals surface area contributed by atoms with Crippen LogP contribution in [0.4, 0.5) is 10.1 Å². The lowest BCUT2D eigenvalue weighted by Gasteiger charge is -2.11. The minimum Gasteiger partial charge on any atom is -0.494 e. The highest BCUT2D eigenvalue weighted by Crippen LogP contribution is 2.31. The maximum atomic E-state index is 14.1. The van der Waals surface area contributed by atoms with Crippen molar-refractivity contribution >= 4 is 27.1 Å². The molecule has 0 bridgehead atoms. The number of anilines is 1. The average Bonchev–Trinajstić information content (AvgIpc) is 2.40. The van der Waals surface area contributed by atoms with Crippen LogP contribution in [0.2, 0.25) is 5.02 Å². The molecule has 0 heterocycles. The smallest absolute Gasteiger partial charge is 0.186 e. The molecule has 0 aliphatic rings. The van der Waals surface area contributed by atoms with Gasteiger partial charge in [-0.1, -0.05) is 29.8 Å². The summed E-state index contributed by atoms with van der Waals surface area (Å²) in [5.41, 5.74) is 5.70. The molecule has 0 fully saturated rings. The van der Waals surface area contributed by atoms with Crippen LogP contribution in [0.1, 0.15) is 5.56 Å². The van der Waals surface area contributed by atoms with Crippen molar-refractivity contribution in [2.24, 2.45) is 0 Å². The fourth-order valence-electron chi connectivity index (χ4n) is 1.96. The second-order valence-corrected chi connectivity index (χ2v) is 6.68. The third-order valence-electron chi connectivity index (χ3n) is 2.92. The molecular formula is C14H13ClFNO3S. The Bertz CT molecular complexity index is 758. The Morgan fingerprint density at radius 1 is 1.24 bits per heavy atom. The Morgan fingerprint density at radius 2 is 1.90 bits per heavy atom. The number of benzene rings is 2. The third-order valence-corrected chi connectivity index (χ3v) is 5.11. The van der Waals surface area contributed by atoms with Crippen LogP contribution in [0, 0.1) is 5.82 Å². The first kappa shape index (κ1) is 15.6. The molecule has 0 saturated carbocycles. The van der Waals surface area contributed by atoms with Crippen molar-refractivity contribution in [3.63, 3.8) is 0 Å². The van der Waals surface area contributed by atoms with Gasteiger partial charge in [-0.25, -0.2) is 12.8 Å². The van der Waals surface area contributed by atoms with E-state index in [0.717, 1.165) is 0 Å². The molecule has 4 nitrogen and oxygen atoms in total. The van der Waals surface area contributed by atoms with E-state index in [1.54, 1.807) is 6.07 Å². The minimum absolute atomic E-state index is 0.00586. The standard InChI is InChI=1S/C14H13ClFNO3S/c1-20-12-7-2-4-9(13(12)16)8-21(18,19)14-10(15)5-3-6-11(14)17/h2-7H,8,17H2,1H3. The van der Waals surface area contributed by atoms with Crippen LogP contribution >= 0.6 is 11.6 Å². The molecule has 2 aromatic rings.